The minimum absolute atomic E-state index is 0.211. The highest BCUT2D eigenvalue weighted by Crippen LogP contribution is 2.66. The van der Waals surface area contributed by atoms with Crippen LogP contribution in [0.25, 0.3) is 0 Å². The molecule has 2 atom stereocenters. The van der Waals surface area contributed by atoms with Crippen molar-refractivity contribution in [1.29, 1.82) is 0 Å². The third-order valence-corrected chi connectivity index (χ3v) is 5.00. The molecule has 1 rings (SSSR count). The Morgan fingerprint density at radius 2 is 1.90 bits per heavy atom. The van der Waals surface area contributed by atoms with Crippen LogP contribution < -0.4 is 0 Å². The lowest BCUT2D eigenvalue weighted by Gasteiger charge is -2.31. The highest BCUT2D eigenvalue weighted by molar-refractivity contribution is 6.70. The van der Waals surface area contributed by atoms with Crippen molar-refractivity contribution in [3.63, 3.8) is 0 Å². The van der Waals surface area contributed by atoms with E-state index in [1.54, 1.807) is 6.08 Å². The van der Waals surface area contributed by atoms with Crippen molar-refractivity contribution in [2.75, 3.05) is 7.11 Å². The second-order valence-electron chi connectivity index (χ2n) is 6.93. The lowest BCUT2D eigenvalue weighted by molar-refractivity contribution is -0.149. The van der Waals surface area contributed by atoms with Crippen molar-refractivity contribution in [1.82, 2.24) is 0 Å². The van der Waals surface area contributed by atoms with Crippen molar-refractivity contribution >= 4 is 14.3 Å². The van der Waals surface area contributed by atoms with Gasteiger partial charge in [-0.15, -0.1) is 0 Å². The van der Waals surface area contributed by atoms with Crippen LogP contribution in [0.4, 0.5) is 0 Å². The van der Waals surface area contributed by atoms with E-state index in [0.717, 1.165) is 11.1 Å². The van der Waals surface area contributed by atoms with Crippen LogP contribution in [0.15, 0.2) is 36.5 Å². The van der Waals surface area contributed by atoms with Gasteiger partial charge in [-0.2, -0.15) is 0 Å². The van der Waals surface area contributed by atoms with Gasteiger partial charge < -0.3 is 9.16 Å². The standard InChI is InChI=1S/C17H28O3Si/c1-9-14(4)10-11-16(15(18)19-5)12-17(16,13(2)3)20-21(6,7)8/h9-10H,1-2,11-12H2,3-8H3/b14-10-/t16-,17-/m0/s1. The van der Waals surface area contributed by atoms with E-state index in [4.69, 9.17) is 9.16 Å². The van der Waals surface area contributed by atoms with E-state index < -0.39 is 19.3 Å². The third-order valence-electron chi connectivity index (χ3n) is 4.04. The topological polar surface area (TPSA) is 35.5 Å². The number of methoxy groups -OCH3 is 1. The molecule has 1 fully saturated rings. The summed E-state index contributed by atoms with van der Waals surface area (Å²) in [6.07, 6.45) is 5.05. The Kier molecular flexibility index (Phi) is 5.06. The van der Waals surface area contributed by atoms with Crippen LogP contribution in [0.2, 0.25) is 19.6 Å². The van der Waals surface area contributed by atoms with E-state index in [-0.39, 0.29) is 5.97 Å². The summed E-state index contributed by atoms with van der Waals surface area (Å²) >= 11 is 0. The van der Waals surface area contributed by atoms with Gasteiger partial charge in [0.2, 0.25) is 0 Å². The zero-order valence-corrected chi connectivity index (χ0v) is 15.2. The van der Waals surface area contributed by atoms with Crippen LogP contribution in [-0.2, 0) is 14.0 Å². The summed E-state index contributed by atoms with van der Waals surface area (Å²) in [5.41, 5.74) is 0.731. The van der Waals surface area contributed by atoms with Gasteiger partial charge in [-0.05, 0) is 51.9 Å². The van der Waals surface area contributed by atoms with Gasteiger partial charge in [0.1, 0.15) is 5.41 Å². The number of hydrogen-bond acceptors (Lipinski definition) is 3. The van der Waals surface area contributed by atoms with Crippen molar-refractivity contribution in [3.8, 4) is 0 Å². The monoisotopic (exact) mass is 308 g/mol. The first kappa shape index (κ1) is 17.9. The van der Waals surface area contributed by atoms with Gasteiger partial charge in [0, 0.05) is 0 Å². The fourth-order valence-corrected chi connectivity index (χ4v) is 4.34. The van der Waals surface area contributed by atoms with Gasteiger partial charge in [0.05, 0.1) is 12.7 Å². The molecular weight excluding hydrogens is 280 g/mol. The summed E-state index contributed by atoms with van der Waals surface area (Å²) in [7, 11) is -0.380. The molecule has 0 aromatic rings. The van der Waals surface area contributed by atoms with Crippen LogP contribution in [-0.4, -0.2) is 27.0 Å². The molecule has 0 aromatic carbocycles. The fourth-order valence-electron chi connectivity index (χ4n) is 2.86. The molecule has 0 bridgehead atoms. The summed E-state index contributed by atoms with van der Waals surface area (Å²) in [5.74, 6) is -0.211. The molecule has 118 valence electrons. The third kappa shape index (κ3) is 3.38. The van der Waals surface area contributed by atoms with E-state index in [2.05, 4.69) is 32.8 Å². The largest absolute Gasteiger partial charge is 0.468 e. The summed E-state index contributed by atoms with van der Waals surface area (Å²) in [5, 5.41) is 0. The van der Waals surface area contributed by atoms with Crippen LogP contribution >= 0.6 is 0 Å². The van der Waals surface area contributed by atoms with E-state index in [0.29, 0.717) is 12.8 Å². The molecule has 1 aliphatic carbocycles. The lowest BCUT2D eigenvalue weighted by Crippen LogP contribution is -2.40. The minimum Gasteiger partial charge on any atom is -0.468 e. The van der Waals surface area contributed by atoms with Gasteiger partial charge >= 0.3 is 5.97 Å². The van der Waals surface area contributed by atoms with Crippen LogP contribution in [0.5, 0.6) is 0 Å². The molecule has 0 heterocycles. The van der Waals surface area contributed by atoms with Crippen molar-refractivity contribution in [2.45, 2.75) is 51.9 Å². The highest BCUT2D eigenvalue weighted by atomic mass is 28.4. The smallest absolute Gasteiger partial charge is 0.315 e. The molecule has 0 saturated heterocycles. The van der Waals surface area contributed by atoms with Gasteiger partial charge in [-0.3, -0.25) is 4.79 Å². The molecule has 0 amide bonds. The Hall–Kier alpha value is -1.13. The zero-order chi connectivity index (χ0) is 16.5. The lowest BCUT2D eigenvalue weighted by atomic mass is 9.92. The van der Waals surface area contributed by atoms with Crippen LogP contribution in [0, 0.1) is 5.41 Å². The van der Waals surface area contributed by atoms with E-state index in [1.807, 2.05) is 19.9 Å². The van der Waals surface area contributed by atoms with Gasteiger partial charge in [0.25, 0.3) is 0 Å². The number of carbonyl (C=O) groups excluding carboxylic acids is 1. The van der Waals surface area contributed by atoms with E-state index in [9.17, 15) is 4.79 Å². The summed E-state index contributed by atoms with van der Waals surface area (Å²) < 4.78 is 11.4. The van der Waals surface area contributed by atoms with Crippen molar-refractivity contribution in [2.24, 2.45) is 5.41 Å². The number of rotatable bonds is 7. The number of carbonyl (C=O) groups is 1. The first-order chi connectivity index (χ1) is 9.54. The average molecular weight is 308 g/mol. The Bertz CT molecular complexity index is 487. The molecule has 1 aliphatic rings. The predicted molar refractivity (Wildman–Crippen MR) is 89.6 cm³/mol. The fraction of sp³-hybridized carbons (Fsp3) is 0.588. The Morgan fingerprint density at radius 3 is 2.29 bits per heavy atom. The maximum atomic E-state index is 12.4. The normalized spacial score (nSPS) is 29.0. The van der Waals surface area contributed by atoms with Gasteiger partial charge in [-0.1, -0.05) is 30.9 Å². The molecular formula is C17H28O3Si. The molecule has 21 heavy (non-hydrogen) atoms. The number of hydrogen-bond donors (Lipinski definition) is 0. The number of allylic oxidation sites excluding steroid dienone is 3. The average Bonchev–Trinajstić information content (AvgIpc) is 3.03. The van der Waals surface area contributed by atoms with Crippen molar-refractivity contribution in [3.05, 3.63) is 36.5 Å². The molecule has 4 heteroatoms. The predicted octanol–water partition coefficient (Wildman–Crippen LogP) is 4.24. The molecule has 0 unspecified atom stereocenters. The molecule has 0 aliphatic heterocycles. The SMILES string of the molecule is C=C/C(C)=C\C[C@@]1(C(=O)OC)C[C@]1(O[Si](C)(C)C)C(=C)C. The Balaban J connectivity index is 3.19. The Morgan fingerprint density at radius 1 is 1.33 bits per heavy atom. The maximum absolute atomic E-state index is 12.4. The molecule has 3 nitrogen and oxygen atoms in total. The van der Waals surface area contributed by atoms with E-state index in [1.165, 1.54) is 7.11 Å². The summed E-state index contributed by atoms with van der Waals surface area (Å²) in [6, 6.07) is 0. The van der Waals surface area contributed by atoms with Gasteiger partial charge in [-0.25, -0.2) is 0 Å². The van der Waals surface area contributed by atoms with Crippen molar-refractivity contribution < 1.29 is 14.0 Å². The minimum atomic E-state index is -1.81. The molecule has 0 spiro atoms. The summed E-state index contributed by atoms with van der Waals surface area (Å²) in [4.78, 5) is 12.4. The maximum Gasteiger partial charge on any atom is 0.315 e. The number of esters is 1. The first-order valence-corrected chi connectivity index (χ1v) is 10.7. The quantitative estimate of drug-likeness (QED) is 0.305. The second-order valence-corrected chi connectivity index (χ2v) is 11.4. The van der Waals surface area contributed by atoms with Gasteiger partial charge in [0.15, 0.2) is 8.32 Å². The molecule has 0 aromatic heterocycles. The molecule has 0 N–H and O–H groups in total. The first-order valence-electron chi connectivity index (χ1n) is 7.28. The van der Waals surface area contributed by atoms with Crippen LogP contribution in [0.1, 0.15) is 26.7 Å². The summed E-state index contributed by atoms with van der Waals surface area (Å²) in [6.45, 7) is 18.1. The zero-order valence-electron chi connectivity index (χ0n) is 14.2. The van der Waals surface area contributed by atoms with E-state index >= 15 is 0 Å². The van der Waals surface area contributed by atoms with Crippen LogP contribution in [0.3, 0.4) is 0 Å². The second kappa shape index (κ2) is 5.93. The Labute approximate surface area is 129 Å². The molecule has 1 saturated carbocycles. The molecule has 0 radical (unpaired) electrons. The number of ether oxygens (including phenoxy) is 1. The highest BCUT2D eigenvalue weighted by Gasteiger charge is 2.74.